The third-order valence-electron chi connectivity index (χ3n) is 6.07. The van der Waals surface area contributed by atoms with Crippen LogP contribution in [0.25, 0.3) is 0 Å². The first-order valence-corrected chi connectivity index (χ1v) is 11.1. The van der Waals surface area contributed by atoms with Gasteiger partial charge < -0.3 is 20.4 Å². The van der Waals surface area contributed by atoms with E-state index in [2.05, 4.69) is 20.7 Å². The van der Waals surface area contributed by atoms with Gasteiger partial charge in [0.2, 0.25) is 11.8 Å². The molecule has 4 rings (SSSR count). The Hall–Kier alpha value is -3.43. The van der Waals surface area contributed by atoms with E-state index in [-0.39, 0.29) is 23.8 Å². The first-order valence-electron chi connectivity index (χ1n) is 11.1. The summed E-state index contributed by atoms with van der Waals surface area (Å²) >= 11 is 0. The van der Waals surface area contributed by atoms with Gasteiger partial charge in [0.05, 0.1) is 5.92 Å². The van der Waals surface area contributed by atoms with Crippen molar-refractivity contribution in [3.05, 3.63) is 36.9 Å². The van der Waals surface area contributed by atoms with Crippen LogP contribution in [0.5, 0.6) is 0 Å². The van der Waals surface area contributed by atoms with Gasteiger partial charge in [-0.05, 0) is 56.9 Å². The van der Waals surface area contributed by atoms with Crippen LogP contribution in [0.15, 0.2) is 36.9 Å². The molecule has 1 aromatic heterocycles. The Kier molecular flexibility index (Phi) is 6.67. The Morgan fingerprint density at radius 3 is 2.28 bits per heavy atom. The third-order valence-corrected chi connectivity index (χ3v) is 6.07. The van der Waals surface area contributed by atoms with Crippen molar-refractivity contribution >= 4 is 29.2 Å². The van der Waals surface area contributed by atoms with Crippen LogP contribution >= 0.6 is 0 Å². The molecule has 2 atom stereocenters. The summed E-state index contributed by atoms with van der Waals surface area (Å²) < 4.78 is 1.48. The van der Waals surface area contributed by atoms with Crippen molar-refractivity contribution in [2.45, 2.75) is 38.6 Å². The molecule has 1 aromatic carbocycles. The van der Waals surface area contributed by atoms with E-state index in [1.165, 1.54) is 17.3 Å². The Morgan fingerprint density at radius 1 is 0.969 bits per heavy atom. The van der Waals surface area contributed by atoms with Gasteiger partial charge in [0.1, 0.15) is 18.7 Å². The summed E-state index contributed by atoms with van der Waals surface area (Å²) in [6.45, 7) is 4.52. The van der Waals surface area contributed by atoms with E-state index in [1.54, 1.807) is 31.2 Å². The lowest BCUT2D eigenvalue weighted by atomic mass is 9.97. The minimum absolute atomic E-state index is 0.0558. The maximum atomic E-state index is 12.8. The van der Waals surface area contributed by atoms with Crippen LogP contribution in [0.4, 0.5) is 16.2 Å². The Labute approximate surface area is 187 Å². The zero-order valence-electron chi connectivity index (χ0n) is 18.2. The van der Waals surface area contributed by atoms with E-state index in [9.17, 15) is 14.4 Å². The zero-order valence-corrected chi connectivity index (χ0v) is 18.2. The van der Waals surface area contributed by atoms with Crippen LogP contribution in [0.1, 0.15) is 38.6 Å². The predicted octanol–water partition coefficient (Wildman–Crippen LogP) is 2.34. The van der Waals surface area contributed by atoms with E-state index >= 15 is 0 Å². The predicted molar refractivity (Wildman–Crippen MR) is 119 cm³/mol. The van der Waals surface area contributed by atoms with Gasteiger partial charge in [0.15, 0.2) is 0 Å². The normalized spacial score (nSPS) is 19.5. The number of hydrogen-bond acceptors (Lipinski definition) is 5. The number of nitrogens with one attached hydrogen (secondary N) is 2. The fraction of sp³-hybridized carbons (Fsp3) is 0.500. The lowest BCUT2D eigenvalue weighted by Gasteiger charge is -2.34. The van der Waals surface area contributed by atoms with Gasteiger partial charge in [-0.25, -0.2) is 14.5 Å². The fourth-order valence-electron chi connectivity index (χ4n) is 4.14. The number of urea groups is 1. The summed E-state index contributed by atoms with van der Waals surface area (Å²) in [5.41, 5.74) is 1.28. The minimum Gasteiger partial charge on any atom is -0.326 e. The molecule has 4 amide bonds. The van der Waals surface area contributed by atoms with Gasteiger partial charge in [-0.3, -0.25) is 9.59 Å². The van der Waals surface area contributed by atoms with Crippen molar-refractivity contribution in [1.82, 2.24) is 24.6 Å². The highest BCUT2D eigenvalue weighted by molar-refractivity contribution is 5.95. The second-order valence-electron chi connectivity index (χ2n) is 8.37. The molecular weight excluding hydrogens is 410 g/mol. The van der Waals surface area contributed by atoms with Crippen molar-refractivity contribution in [3.8, 4) is 0 Å². The molecule has 2 fully saturated rings. The number of carbonyl (C=O) groups excluding carboxylic acids is 3. The SMILES string of the molecule is C[C@H](C(=O)Nc1ccc(NC(=O)[C@H]2CCCN(C(=O)N3CCCC3)C2)cc1)n1cncn1. The van der Waals surface area contributed by atoms with Crippen LogP contribution < -0.4 is 10.6 Å². The van der Waals surface area contributed by atoms with Crippen LogP contribution in [0, 0.1) is 5.92 Å². The highest BCUT2D eigenvalue weighted by atomic mass is 16.2. The maximum Gasteiger partial charge on any atom is 0.320 e. The molecule has 0 saturated carbocycles. The molecule has 3 heterocycles. The number of hydrogen-bond donors (Lipinski definition) is 2. The standard InChI is InChI=1S/C22H29N7O3/c1-16(29-15-23-14-24-29)20(30)25-18-6-8-19(9-7-18)26-21(31)17-5-4-12-28(13-17)22(32)27-10-2-3-11-27/h6-9,14-17H,2-5,10-13H2,1H3,(H,25,30)(H,26,31)/t16-,17+/m1/s1. The van der Waals surface area contributed by atoms with Crippen LogP contribution in [0.3, 0.4) is 0 Å². The summed E-state index contributed by atoms with van der Waals surface area (Å²) in [6, 6.07) is 6.56. The number of piperidine rings is 1. The largest absolute Gasteiger partial charge is 0.326 e. The number of aromatic nitrogens is 3. The van der Waals surface area contributed by atoms with Crippen molar-refractivity contribution < 1.29 is 14.4 Å². The molecule has 10 heteroatoms. The molecule has 2 aliphatic rings. The number of anilines is 2. The Bertz CT molecular complexity index is 939. The average Bonchev–Trinajstić information content (AvgIpc) is 3.54. The van der Waals surface area contributed by atoms with Gasteiger partial charge in [0, 0.05) is 37.6 Å². The van der Waals surface area contributed by atoms with Gasteiger partial charge in [-0.2, -0.15) is 5.10 Å². The van der Waals surface area contributed by atoms with Crippen LogP contribution in [-0.2, 0) is 9.59 Å². The quantitative estimate of drug-likeness (QED) is 0.743. The topological polar surface area (TPSA) is 112 Å². The highest BCUT2D eigenvalue weighted by Crippen LogP contribution is 2.22. The summed E-state index contributed by atoms with van der Waals surface area (Å²) in [5.74, 6) is -0.518. The van der Waals surface area contributed by atoms with Gasteiger partial charge >= 0.3 is 6.03 Å². The fourth-order valence-corrected chi connectivity index (χ4v) is 4.14. The lowest BCUT2D eigenvalue weighted by Crippen LogP contribution is -2.48. The molecule has 170 valence electrons. The number of nitrogens with zero attached hydrogens (tertiary/aromatic N) is 5. The molecule has 2 saturated heterocycles. The molecule has 2 aliphatic heterocycles. The Balaban J connectivity index is 1.29. The van der Waals surface area contributed by atoms with Crippen molar-refractivity contribution in [1.29, 1.82) is 0 Å². The molecule has 0 radical (unpaired) electrons. The van der Waals surface area contributed by atoms with E-state index < -0.39 is 6.04 Å². The molecule has 10 nitrogen and oxygen atoms in total. The summed E-state index contributed by atoms with van der Waals surface area (Å²) in [7, 11) is 0. The second kappa shape index (κ2) is 9.80. The number of likely N-dealkylation sites (tertiary alicyclic amines) is 2. The molecule has 2 N–H and O–H groups in total. The number of benzene rings is 1. The lowest BCUT2D eigenvalue weighted by molar-refractivity contribution is -0.121. The Morgan fingerprint density at radius 2 is 1.62 bits per heavy atom. The smallest absolute Gasteiger partial charge is 0.320 e. The van der Waals surface area contributed by atoms with Crippen molar-refractivity contribution in [2.75, 3.05) is 36.8 Å². The van der Waals surface area contributed by atoms with E-state index in [0.717, 1.165) is 38.8 Å². The summed E-state index contributed by atoms with van der Waals surface area (Å²) in [6.07, 6.45) is 6.58. The van der Waals surface area contributed by atoms with E-state index in [0.29, 0.717) is 24.5 Å². The number of carbonyl (C=O) groups is 3. The minimum atomic E-state index is -0.491. The zero-order chi connectivity index (χ0) is 22.5. The summed E-state index contributed by atoms with van der Waals surface area (Å²) in [4.78, 5) is 45.4. The van der Waals surface area contributed by atoms with Crippen molar-refractivity contribution in [3.63, 3.8) is 0 Å². The average molecular weight is 440 g/mol. The summed E-state index contributed by atoms with van der Waals surface area (Å²) in [5, 5.41) is 9.75. The van der Waals surface area contributed by atoms with Crippen LogP contribution in [-0.4, -0.2) is 68.6 Å². The molecule has 0 unspecified atom stereocenters. The van der Waals surface area contributed by atoms with Gasteiger partial charge in [-0.1, -0.05) is 0 Å². The molecule has 0 aliphatic carbocycles. The second-order valence-corrected chi connectivity index (χ2v) is 8.37. The molecule has 0 spiro atoms. The van der Waals surface area contributed by atoms with Gasteiger partial charge in [-0.15, -0.1) is 0 Å². The highest BCUT2D eigenvalue weighted by Gasteiger charge is 2.31. The number of amides is 4. The molecule has 2 aromatic rings. The third kappa shape index (κ3) is 5.06. The van der Waals surface area contributed by atoms with Crippen LogP contribution in [0.2, 0.25) is 0 Å². The van der Waals surface area contributed by atoms with E-state index in [4.69, 9.17) is 0 Å². The van der Waals surface area contributed by atoms with E-state index in [1.807, 2.05) is 9.80 Å². The number of rotatable bonds is 5. The monoisotopic (exact) mass is 439 g/mol. The van der Waals surface area contributed by atoms with Crippen molar-refractivity contribution in [2.24, 2.45) is 5.92 Å². The molecular formula is C22H29N7O3. The van der Waals surface area contributed by atoms with Gasteiger partial charge in [0.25, 0.3) is 0 Å². The maximum absolute atomic E-state index is 12.8. The molecule has 0 bridgehead atoms. The first-order chi connectivity index (χ1) is 15.5. The first kappa shape index (κ1) is 21.8. The molecule has 32 heavy (non-hydrogen) atoms.